The van der Waals surface area contributed by atoms with Gasteiger partial charge in [-0.3, -0.25) is 11.3 Å². The third kappa shape index (κ3) is 6.70. The molecule has 1 atom stereocenters. The minimum Gasteiger partial charge on any atom is -0.271 e. The highest BCUT2D eigenvalue weighted by Crippen LogP contribution is 2.29. The standard InChI is InChI=1S/C16H26Br2N2/c1-2-3-4-5-6-7-8-9-16(20-19)14-11-10-13(17)12-15(14)18/h10-12,16,20H,2-9,19H2,1H3. The van der Waals surface area contributed by atoms with E-state index in [4.69, 9.17) is 5.84 Å². The quantitative estimate of drug-likeness (QED) is 0.290. The van der Waals surface area contributed by atoms with Crippen molar-refractivity contribution in [2.24, 2.45) is 5.84 Å². The van der Waals surface area contributed by atoms with Gasteiger partial charge in [-0.2, -0.15) is 0 Å². The molecule has 0 fully saturated rings. The predicted molar refractivity (Wildman–Crippen MR) is 94.5 cm³/mol. The maximum Gasteiger partial charge on any atom is 0.0471 e. The first kappa shape index (κ1) is 18.1. The molecule has 0 aliphatic rings. The van der Waals surface area contributed by atoms with Crippen LogP contribution in [0.25, 0.3) is 0 Å². The van der Waals surface area contributed by atoms with Gasteiger partial charge in [-0.15, -0.1) is 0 Å². The van der Waals surface area contributed by atoms with Gasteiger partial charge < -0.3 is 0 Å². The Bertz CT molecular complexity index is 383. The summed E-state index contributed by atoms with van der Waals surface area (Å²) in [6, 6.07) is 6.49. The summed E-state index contributed by atoms with van der Waals surface area (Å²) in [6.07, 6.45) is 10.4. The van der Waals surface area contributed by atoms with Crippen molar-refractivity contribution in [3.63, 3.8) is 0 Å². The zero-order valence-electron chi connectivity index (χ0n) is 12.3. The number of nitrogens with one attached hydrogen (secondary N) is 1. The highest BCUT2D eigenvalue weighted by atomic mass is 79.9. The Labute approximate surface area is 140 Å². The maximum atomic E-state index is 5.71. The Morgan fingerprint density at radius 2 is 1.70 bits per heavy atom. The first-order valence-electron chi connectivity index (χ1n) is 7.60. The van der Waals surface area contributed by atoms with Crippen LogP contribution in [0.2, 0.25) is 0 Å². The molecule has 0 aliphatic carbocycles. The number of hydrazine groups is 1. The van der Waals surface area contributed by atoms with Crippen LogP contribution in [0.5, 0.6) is 0 Å². The number of unbranched alkanes of at least 4 members (excludes halogenated alkanes) is 6. The van der Waals surface area contributed by atoms with Crippen LogP contribution >= 0.6 is 31.9 Å². The molecule has 3 N–H and O–H groups in total. The second-order valence-corrected chi connectivity index (χ2v) is 7.07. The van der Waals surface area contributed by atoms with Gasteiger partial charge in [0.25, 0.3) is 0 Å². The average Bonchev–Trinajstić information content (AvgIpc) is 2.43. The van der Waals surface area contributed by atoms with Crippen LogP contribution in [0.15, 0.2) is 27.1 Å². The fraction of sp³-hybridized carbons (Fsp3) is 0.625. The smallest absolute Gasteiger partial charge is 0.0471 e. The zero-order chi connectivity index (χ0) is 14.8. The van der Waals surface area contributed by atoms with E-state index >= 15 is 0 Å². The van der Waals surface area contributed by atoms with Gasteiger partial charge in [0.15, 0.2) is 0 Å². The summed E-state index contributed by atoms with van der Waals surface area (Å²) in [7, 11) is 0. The van der Waals surface area contributed by atoms with E-state index in [0.717, 1.165) is 15.4 Å². The largest absolute Gasteiger partial charge is 0.271 e. The first-order valence-corrected chi connectivity index (χ1v) is 9.18. The molecule has 0 radical (unpaired) electrons. The van der Waals surface area contributed by atoms with Gasteiger partial charge >= 0.3 is 0 Å². The summed E-state index contributed by atoms with van der Waals surface area (Å²) in [6.45, 7) is 2.26. The summed E-state index contributed by atoms with van der Waals surface area (Å²) in [5, 5.41) is 0. The van der Waals surface area contributed by atoms with Crippen molar-refractivity contribution in [2.75, 3.05) is 0 Å². The lowest BCUT2D eigenvalue weighted by molar-refractivity contribution is 0.474. The fourth-order valence-electron chi connectivity index (χ4n) is 2.42. The van der Waals surface area contributed by atoms with Crippen molar-refractivity contribution < 1.29 is 0 Å². The fourth-order valence-corrected chi connectivity index (χ4v) is 3.74. The molecule has 0 saturated carbocycles. The number of nitrogens with two attached hydrogens (primary N) is 1. The van der Waals surface area contributed by atoms with Crippen LogP contribution in [0, 0.1) is 0 Å². The zero-order valence-corrected chi connectivity index (χ0v) is 15.5. The molecule has 1 aromatic rings. The Balaban J connectivity index is 2.32. The highest BCUT2D eigenvalue weighted by molar-refractivity contribution is 9.11. The lowest BCUT2D eigenvalue weighted by atomic mass is 10.00. The number of benzene rings is 1. The van der Waals surface area contributed by atoms with Gasteiger partial charge in [-0.05, 0) is 24.1 Å². The lowest BCUT2D eigenvalue weighted by Crippen LogP contribution is -2.28. The van der Waals surface area contributed by atoms with E-state index in [1.807, 2.05) is 0 Å². The Kier molecular flexibility index (Phi) is 9.78. The number of halogens is 2. The molecular weight excluding hydrogens is 380 g/mol. The normalized spacial score (nSPS) is 12.6. The van der Waals surface area contributed by atoms with E-state index in [0.29, 0.717) is 0 Å². The molecule has 4 heteroatoms. The van der Waals surface area contributed by atoms with Crippen molar-refractivity contribution in [3.05, 3.63) is 32.7 Å². The highest BCUT2D eigenvalue weighted by Gasteiger charge is 2.12. The number of hydrogen-bond donors (Lipinski definition) is 2. The second kappa shape index (κ2) is 10.8. The summed E-state index contributed by atoms with van der Waals surface area (Å²) >= 11 is 7.09. The van der Waals surface area contributed by atoms with Crippen LogP contribution in [0.3, 0.4) is 0 Å². The molecule has 0 bridgehead atoms. The van der Waals surface area contributed by atoms with Crippen molar-refractivity contribution in [3.8, 4) is 0 Å². The molecule has 1 aromatic carbocycles. The molecule has 0 spiro atoms. The van der Waals surface area contributed by atoms with Crippen LogP contribution < -0.4 is 11.3 Å². The Morgan fingerprint density at radius 1 is 1.05 bits per heavy atom. The number of hydrogen-bond acceptors (Lipinski definition) is 2. The third-order valence-corrected chi connectivity index (χ3v) is 4.82. The van der Waals surface area contributed by atoms with Crippen molar-refractivity contribution >= 4 is 31.9 Å². The minimum atomic E-state index is 0.230. The monoisotopic (exact) mass is 404 g/mol. The van der Waals surface area contributed by atoms with Crippen LogP contribution in [0.4, 0.5) is 0 Å². The molecular formula is C16H26Br2N2. The molecule has 0 aromatic heterocycles. The van der Waals surface area contributed by atoms with Gasteiger partial charge in [0, 0.05) is 15.0 Å². The van der Waals surface area contributed by atoms with E-state index in [1.54, 1.807) is 0 Å². The minimum absolute atomic E-state index is 0.230. The summed E-state index contributed by atoms with van der Waals surface area (Å²) in [5.74, 6) is 5.71. The number of rotatable bonds is 10. The molecule has 0 saturated heterocycles. The van der Waals surface area contributed by atoms with E-state index < -0.39 is 0 Å². The van der Waals surface area contributed by atoms with Crippen LogP contribution in [-0.4, -0.2) is 0 Å². The molecule has 2 nitrogen and oxygen atoms in total. The van der Waals surface area contributed by atoms with Crippen molar-refractivity contribution in [1.29, 1.82) is 0 Å². The molecule has 0 heterocycles. The second-order valence-electron chi connectivity index (χ2n) is 5.30. The van der Waals surface area contributed by atoms with E-state index in [-0.39, 0.29) is 6.04 Å². The van der Waals surface area contributed by atoms with Crippen LogP contribution in [-0.2, 0) is 0 Å². The molecule has 0 aliphatic heterocycles. The first-order chi connectivity index (χ1) is 9.69. The van der Waals surface area contributed by atoms with Gasteiger partial charge in [0.1, 0.15) is 0 Å². The topological polar surface area (TPSA) is 38.0 Å². The molecule has 114 valence electrons. The van der Waals surface area contributed by atoms with Crippen molar-refractivity contribution in [1.82, 2.24) is 5.43 Å². The molecule has 0 amide bonds. The summed E-state index contributed by atoms with van der Waals surface area (Å²) in [4.78, 5) is 0. The van der Waals surface area contributed by atoms with Crippen LogP contribution in [0.1, 0.15) is 69.9 Å². The molecule has 1 rings (SSSR count). The third-order valence-electron chi connectivity index (χ3n) is 3.64. The van der Waals surface area contributed by atoms with E-state index in [1.165, 1.54) is 50.5 Å². The van der Waals surface area contributed by atoms with Gasteiger partial charge in [0.2, 0.25) is 0 Å². The van der Waals surface area contributed by atoms with Crippen molar-refractivity contribution in [2.45, 2.75) is 64.3 Å². The lowest BCUT2D eigenvalue weighted by Gasteiger charge is -2.18. The van der Waals surface area contributed by atoms with Gasteiger partial charge in [0.05, 0.1) is 0 Å². The average molecular weight is 406 g/mol. The molecule has 20 heavy (non-hydrogen) atoms. The Hall–Kier alpha value is 0.1000. The molecule has 1 unspecified atom stereocenters. The van der Waals surface area contributed by atoms with E-state index in [2.05, 4.69) is 62.4 Å². The maximum absolute atomic E-state index is 5.71. The SMILES string of the molecule is CCCCCCCCCC(NN)c1ccc(Br)cc1Br. The van der Waals surface area contributed by atoms with Gasteiger partial charge in [-0.1, -0.05) is 89.8 Å². The van der Waals surface area contributed by atoms with Gasteiger partial charge in [-0.25, -0.2) is 0 Å². The predicted octanol–water partition coefficient (Wildman–Crippen LogP) is 5.86. The summed E-state index contributed by atoms with van der Waals surface area (Å²) < 4.78 is 2.19. The Morgan fingerprint density at radius 3 is 2.30 bits per heavy atom. The summed E-state index contributed by atoms with van der Waals surface area (Å²) in [5.41, 5.74) is 4.18. The van der Waals surface area contributed by atoms with E-state index in [9.17, 15) is 0 Å².